The Balaban J connectivity index is 2.28. The Labute approximate surface area is 150 Å². The van der Waals surface area contributed by atoms with Crippen molar-refractivity contribution in [2.45, 2.75) is 26.9 Å². The van der Waals surface area contributed by atoms with Crippen molar-refractivity contribution < 1.29 is 24.0 Å². The molecule has 0 radical (unpaired) electrons. The molecule has 0 aliphatic carbocycles. The summed E-state index contributed by atoms with van der Waals surface area (Å²) < 4.78 is 10.1. The topological polar surface area (TPSA) is 95.7 Å². The molecule has 26 heavy (non-hydrogen) atoms. The number of ketones is 1. The summed E-state index contributed by atoms with van der Waals surface area (Å²) in [5.74, 6) is -1.08. The molecule has 136 valence electrons. The van der Waals surface area contributed by atoms with Crippen molar-refractivity contribution in [3.05, 3.63) is 68.8 Å². The molecule has 2 aromatic rings. The maximum Gasteiger partial charge on any atom is 0.338 e. The van der Waals surface area contributed by atoms with Crippen molar-refractivity contribution in [1.29, 1.82) is 0 Å². The molecule has 7 nitrogen and oxygen atoms in total. The number of esters is 1. The van der Waals surface area contributed by atoms with E-state index in [2.05, 4.69) is 4.74 Å². The molecule has 0 amide bonds. The van der Waals surface area contributed by atoms with Crippen LogP contribution in [0.3, 0.4) is 0 Å². The smallest absolute Gasteiger partial charge is 0.338 e. The van der Waals surface area contributed by atoms with Gasteiger partial charge in [0.15, 0.2) is 11.9 Å². The molecule has 7 heteroatoms. The van der Waals surface area contributed by atoms with E-state index in [1.54, 1.807) is 12.1 Å². The number of nitro benzene ring substituents is 1. The quantitative estimate of drug-likeness (QED) is 0.339. The predicted octanol–water partition coefficient (Wildman–Crippen LogP) is 3.65. The highest BCUT2D eigenvalue weighted by Gasteiger charge is 2.24. The van der Waals surface area contributed by atoms with Crippen LogP contribution < -0.4 is 4.74 Å². The molecule has 0 N–H and O–H groups in total. The van der Waals surface area contributed by atoms with Gasteiger partial charge in [0, 0.05) is 11.6 Å². The molecule has 0 aliphatic rings. The molecular weight excluding hydrogens is 338 g/mol. The molecule has 0 fully saturated rings. The summed E-state index contributed by atoms with van der Waals surface area (Å²) in [5, 5.41) is 11.3. The van der Waals surface area contributed by atoms with Crippen LogP contribution in [0.4, 0.5) is 5.69 Å². The van der Waals surface area contributed by atoms with Gasteiger partial charge in [-0.15, -0.1) is 0 Å². The number of benzene rings is 2. The molecule has 0 spiro atoms. The summed E-state index contributed by atoms with van der Waals surface area (Å²) in [5.41, 5.74) is 2.11. The van der Waals surface area contributed by atoms with Crippen molar-refractivity contribution in [1.82, 2.24) is 0 Å². The van der Waals surface area contributed by atoms with E-state index in [0.717, 1.165) is 17.2 Å². The summed E-state index contributed by atoms with van der Waals surface area (Å²) in [6.45, 7) is 5.36. The first-order valence-corrected chi connectivity index (χ1v) is 7.89. The van der Waals surface area contributed by atoms with Crippen LogP contribution >= 0.6 is 0 Å². The first kappa shape index (κ1) is 19.1. The Morgan fingerprint density at radius 2 is 1.69 bits per heavy atom. The Kier molecular flexibility index (Phi) is 5.71. The fourth-order valence-electron chi connectivity index (χ4n) is 2.38. The first-order chi connectivity index (χ1) is 12.2. The number of carbonyl (C=O) groups is 2. The summed E-state index contributed by atoms with van der Waals surface area (Å²) in [7, 11) is 1.18. The molecule has 0 unspecified atom stereocenters. The molecule has 1 atom stereocenters. The van der Waals surface area contributed by atoms with Crippen molar-refractivity contribution in [2.75, 3.05) is 7.11 Å². The zero-order valence-corrected chi connectivity index (χ0v) is 14.9. The number of hydrogen-bond donors (Lipinski definition) is 0. The minimum atomic E-state index is -0.931. The van der Waals surface area contributed by atoms with Crippen LogP contribution in [0.2, 0.25) is 0 Å². The van der Waals surface area contributed by atoms with Crippen molar-refractivity contribution in [3.8, 4) is 5.75 Å². The molecule has 2 rings (SSSR count). The normalized spacial score (nSPS) is 11.5. The zero-order chi connectivity index (χ0) is 19.4. The number of methoxy groups -OCH3 is 1. The van der Waals surface area contributed by atoms with Crippen LogP contribution in [-0.4, -0.2) is 29.9 Å². The Bertz CT molecular complexity index is 874. The summed E-state index contributed by atoms with van der Waals surface area (Å²) in [6, 6.07) is 8.98. The Morgan fingerprint density at radius 3 is 2.27 bits per heavy atom. The lowest BCUT2D eigenvalue weighted by molar-refractivity contribution is -0.386. The van der Waals surface area contributed by atoms with E-state index >= 15 is 0 Å². The van der Waals surface area contributed by atoms with Crippen molar-refractivity contribution in [2.24, 2.45) is 0 Å². The van der Waals surface area contributed by atoms with Crippen LogP contribution in [0, 0.1) is 24.0 Å². The fraction of sp³-hybridized carbons (Fsp3) is 0.263. The van der Waals surface area contributed by atoms with Gasteiger partial charge in [0.25, 0.3) is 0 Å². The van der Waals surface area contributed by atoms with E-state index in [4.69, 9.17) is 4.74 Å². The second-order valence-electron chi connectivity index (χ2n) is 5.85. The monoisotopic (exact) mass is 357 g/mol. The maximum absolute atomic E-state index is 12.5. The van der Waals surface area contributed by atoms with Crippen LogP contribution in [0.5, 0.6) is 5.75 Å². The maximum atomic E-state index is 12.5. The number of ether oxygens (including phenoxy) is 2. The lowest BCUT2D eigenvalue weighted by Gasteiger charge is -2.15. The number of nitro groups is 1. The highest BCUT2D eigenvalue weighted by molar-refractivity contribution is 5.99. The summed E-state index contributed by atoms with van der Waals surface area (Å²) >= 11 is 0. The van der Waals surface area contributed by atoms with E-state index in [1.807, 2.05) is 19.9 Å². The van der Waals surface area contributed by atoms with Crippen LogP contribution in [0.15, 0.2) is 36.4 Å². The second kappa shape index (κ2) is 7.77. The highest BCUT2D eigenvalue weighted by atomic mass is 16.6. The third kappa shape index (κ3) is 4.05. The second-order valence-corrected chi connectivity index (χ2v) is 5.85. The molecular formula is C19H19NO6. The SMILES string of the molecule is COC(=O)c1ccc(O[C@@H](C)C(=O)c2ccc(C)c(C)c2)c([N+](=O)[O-])c1. The number of hydrogen-bond acceptors (Lipinski definition) is 6. The zero-order valence-electron chi connectivity index (χ0n) is 14.9. The number of carbonyl (C=O) groups excluding carboxylic acids is 2. The minimum absolute atomic E-state index is 0.0275. The highest BCUT2D eigenvalue weighted by Crippen LogP contribution is 2.29. The van der Waals surface area contributed by atoms with Gasteiger partial charge in [-0.25, -0.2) is 4.79 Å². The van der Waals surface area contributed by atoms with Gasteiger partial charge < -0.3 is 9.47 Å². The average molecular weight is 357 g/mol. The average Bonchev–Trinajstić information content (AvgIpc) is 2.62. The molecule has 0 aromatic heterocycles. The minimum Gasteiger partial charge on any atom is -0.475 e. The van der Waals surface area contributed by atoms with E-state index in [0.29, 0.717) is 5.56 Å². The summed E-state index contributed by atoms with van der Waals surface area (Å²) in [6.07, 6.45) is -0.931. The standard InChI is InChI=1S/C19H19NO6/c1-11-5-6-14(9-12(11)2)18(21)13(3)26-17-8-7-15(19(22)25-4)10-16(17)20(23)24/h5-10,13H,1-4H3/t13-/m0/s1. The molecule has 0 heterocycles. The number of Topliss-reactive ketones (excluding diaryl/α,β-unsaturated/α-hetero) is 1. The van der Waals surface area contributed by atoms with Crippen molar-refractivity contribution >= 4 is 17.4 Å². The van der Waals surface area contributed by atoms with Crippen LogP contribution in [-0.2, 0) is 4.74 Å². The Morgan fingerprint density at radius 1 is 1.04 bits per heavy atom. The number of aryl methyl sites for hydroxylation is 2. The molecule has 0 saturated heterocycles. The lowest BCUT2D eigenvalue weighted by atomic mass is 10.0. The van der Waals surface area contributed by atoms with Crippen molar-refractivity contribution in [3.63, 3.8) is 0 Å². The third-order valence-corrected chi connectivity index (χ3v) is 4.04. The Hall–Kier alpha value is -3.22. The van der Waals surface area contributed by atoms with Gasteiger partial charge in [0.1, 0.15) is 0 Å². The largest absolute Gasteiger partial charge is 0.475 e. The number of nitrogens with zero attached hydrogens (tertiary/aromatic N) is 1. The number of rotatable bonds is 6. The van der Waals surface area contributed by atoms with Crippen LogP contribution in [0.1, 0.15) is 38.8 Å². The van der Waals surface area contributed by atoms with Gasteiger partial charge >= 0.3 is 11.7 Å². The third-order valence-electron chi connectivity index (χ3n) is 4.04. The van der Waals surface area contributed by atoms with E-state index < -0.39 is 22.7 Å². The van der Waals surface area contributed by atoms with Gasteiger partial charge in [0.05, 0.1) is 17.6 Å². The molecule has 2 aromatic carbocycles. The van der Waals surface area contributed by atoms with Gasteiger partial charge in [-0.05, 0) is 50.1 Å². The van der Waals surface area contributed by atoms with E-state index in [-0.39, 0.29) is 17.1 Å². The molecule has 0 bridgehead atoms. The van der Waals surface area contributed by atoms with E-state index in [9.17, 15) is 19.7 Å². The van der Waals surface area contributed by atoms with E-state index in [1.165, 1.54) is 26.2 Å². The molecule has 0 saturated carbocycles. The first-order valence-electron chi connectivity index (χ1n) is 7.89. The van der Waals surface area contributed by atoms with Gasteiger partial charge in [-0.2, -0.15) is 0 Å². The van der Waals surface area contributed by atoms with Gasteiger partial charge in [0.2, 0.25) is 5.78 Å². The predicted molar refractivity (Wildman–Crippen MR) is 94.8 cm³/mol. The van der Waals surface area contributed by atoms with Gasteiger partial charge in [-0.3, -0.25) is 14.9 Å². The van der Waals surface area contributed by atoms with Crippen LogP contribution in [0.25, 0.3) is 0 Å². The molecule has 0 aliphatic heterocycles. The lowest BCUT2D eigenvalue weighted by Crippen LogP contribution is -2.24. The fourth-order valence-corrected chi connectivity index (χ4v) is 2.38. The summed E-state index contributed by atoms with van der Waals surface area (Å²) in [4.78, 5) is 34.7. The van der Waals surface area contributed by atoms with Gasteiger partial charge in [-0.1, -0.05) is 12.1 Å².